The average molecular weight is 245 g/mol. The zero-order valence-corrected chi connectivity index (χ0v) is 11.4. The van der Waals surface area contributed by atoms with Gasteiger partial charge in [0.25, 0.3) is 0 Å². The van der Waals surface area contributed by atoms with E-state index in [4.69, 9.17) is 5.73 Å². The van der Waals surface area contributed by atoms with Crippen LogP contribution in [0.5, 0.6) is 0 Å². The molecular formula is C12H31N5. The Morgan fingerprint density at radius 2 is 1.06 bits per heavy atom. The number of rotatable bonds is 14. The second-order valence-corrected chi connectivity index (χ2v) is 4.14. The van der Waals surface area contributed by atoms with E-state index >= 15 is 0 Å². The molecule has 17 heavy (non-hydrogen) atoms. The molecule has 0 fully saturated rings. The molecule has 5 heteroatoms. The SMILES string of the molecule is CCCCNCCNCCNCCNCCN. The Morgan fingerprint density at radius 3 is 1.47 bits per heavy atom. The Bertz CT molecular complexity index is 118. The van der Waals surface area contributed by atoms with Crippen molar-refractivity contribution in [3.63, 3.8) is 0 Å². The predicted octanol–water partition coefficient (Wildman–Crippen LogP) is -0.896. The quantitative estimate of drug-likeness (QED) is 0.257. The average Bonchev–Trinajstić information content (AvgIpc) is 2.35. The molecule has 0 saturated carbocycles. The largest absolute Gasteiger partial charge is 0.329 e. The molecule has 0 unspecified atom stereocenters. The fourth-order valence-corrected chi connectivity index (χ4v) is 1.43. The summed E-state index contributed by atoms with van der Waals surface area (Å²) in [5, 5.41) is 13.4. The highest BCUT2D eigenvalue weighted by molar-refractivity contribution is 4.56. The highest BCUT2D eigenvalue weighted by Gasteiger charge is 1.89. The van der Waals surface area contributed by atoms with Crippen molar-refractivity contribution in [2.75, 3.05) is 58.9 Å². The zero-order valence-electron chi connectivity index (χ0n) is 11.4. The number of unbranched alkanes of at least 4 members (excludes halogenated alkanes) is 1. The van der Waals surface area contributed by atoms with Crippen molar-refractivity contribution < 1.29 is 0 Å². The van der Waals surface area contributed by atoms with Gasteiger partial charge < -0.3 is 27.0 Å². The molecule has 0 aromatic heterocycles. The van der Waals surface area contributed by atoms with Crippen molar-refractivity contribution in [2.24, 2.45) is 5.73 Å². The van der Waals surface area contributed by atoms with Gasteiger partial charge in [0.1, 0.15) is 0 Å². The molecule has 0 saturated heterocycles. The third-order valence-corrected chi connectivity index (χ3v) is 2.46. The van der Waals surface area contributed by atoms with Crippen molar-refractivity contribution >= 4 is 0 Å². The molecule has 0 aromatic rings. The summed E-state index contributed by atoms with van der Waals surface area (Å²) in [5.41, 5.74) is 5.37. The van der Waals surface area contributed by atoms with E-state index in [0.29, 0.717) is 6.54 Å². The minimum absolute atomic E-state index is 0.715. The van der Waals surface area contributed by atoms with Crippen LogP contribution >= 0.6 is 0 Å². The smallest absolute Gasteiger partial charge is 0.00772 e. The van der Waals surface area contributed by atoms with Gasteiger partial charge in [-0.1, -0.05) is 13.3 Å². The lowest BCUT2D eigenvalue weighted by atomic mass is 10.3. The number of nitrogens with one attached hydrogen (secondary N) is 4. The molecule has 0 spiro atoms. The number of hydrogen-bond acceptors (Lipinski definition) is 5. The summed E-state index contributed by atoms with van der Waals surface area (Å²) in [7, 11) is 0. The summed E-state index contributed by atoms with van der Waals surface area (Å²) in [6.45, 7) is 11.2. The van der Waals surface area contributed by atoms with Crippen LogP contribution in [0.3, 0.4) is 0 Å². The summed E-state index contributed by atoms with van der Waals surface area (Å²) < 4.78 is 0. The zero-order chi connectivity index (χ0) is 12.6. The van der Waals surface area contributed by atoms with E-state index < -0.39 is 0 Å². The van der Waals surface area contributed by atoms with Crippen LogP contribution in [0.25, 0.3) is 0 Å². The summed E-state index contributed by atoms with van der Waals surface area (Å²) in [6.07, 6.45) is 2.54. The Kier molecular flexibility index (Phi) is 15.6. The third kappa shape index (κ3) is 15.8. The molecule has 0 rings (SSSR count). The first-order chi connectivity index (χ1) is 8.41. The van der Waals surface area contributed by atoms with Crippen molar-refractivity contribution in [1.29, 1.82) is 0 Å². The van der Waals surface area contributed by atoms with E-state index in [9.17, 15) is 0 Å². The third-order valence-electron chi connectivity index (χ3n) is 2.46. The lowest BCUT2D eigenvalue weighted by Crippen LogP contribution is -2.36. The van der Waals surface area contributed by atoms with Gasteiger partial charge in [0.05, 0.1) is 0 Å². The summed E-state index contributed by atoms with van der Waals surface area (Å²) >= 11 is 0. The molecule has 0 aliphatic heterocycles. The Balaban J connectivity index is 2.85. The Morgan fingerprint density at radius 1 is 0.647 bits per heavy atom. The lowest BCUT2D eigenvalue weighted by Gasteiger charge is -2.08. The van der Waals surface area contributed by atoms with Gasteiger partial charge in [-0.25, -0.2) is 0 Å². The summed E-state index contributed by atoms with van der Waals surface area (Å²) in [5.74, 6) is 0. The first-order valence-electron chi connectivity index (χ1n) is 6.94. The summed E-state index contributed by atoms with van der Waals surface area (Å²) in [6, 6.07) is 0. The molecule has 0 radical (unpaired) electrons. The first kappa shape index (κ1) is 16.8. The van der Waals surface area contributed by atoms with Gasteiger partial charge >= 0.3 is 0 Å². The molecule has 0 aliphatic rings. The fourth-order valence-electron chi connectivity index (χ4n) is 1.43. The van der Waals surface area contributed by atoms with E-state index in [-0.39, 0.29) is 0 Å². The van der Waals surface area contributed by atoms with Crippen LogP contribution in [-0.2, 0) is 0 Å². The van der Waals surface area contributed by atoms with Gasteiger partial charge in [-0.15, -0.1) is 0 Å². The molecule has 0 aromatic carbocycles. The first-order valence-corrected chi connectivity index (χ1v) is 6.94. The van der Waals surface area contributed by atoms with E-state index in [1.807, 2.05) is 0 Å². The monoisotopic (exact) mass is 245 g/mol. The molecule has 0 atom stereocenters. The van der Waals surface area contributed by atoms with Crippen molar-refractivity contribution in [2.45, 2.75) is 19.8 Å². The van der Waals surface area contributed by atoms with E-state index in [1.165, 1.54) is 12.8 Å². The maximum Gasteiger partial charge on any atom is 0.00772 e. The summed E-state index contributed by atoms with van der Waals surface area (Å²) in [4.78, 5) is 0. The normalized spacial score (nSPS) is 10.9. The molecule has 6 N–H and O–H groups in total. The minimum atomic E-state index is 0.715. The van der Waals surface area contributed by atoms with Crippen LogP contribution in [0.2, 0.25) is 0 Å². The van der Waals surface area contributed by atoms with Crippen molar-refractivity contribution in [1.82, 2.24) is 21.3 Å². The van der Waals surface area contributed by atoms with Crippen molar-refractivity contribution in [3.05, 3.63) is 0 Å². The van der Waals surface area contributed by atoms with E-state index in [2.05, 4.69) is 28.2 Å². The van der Waals surface area contributed by atoms with Crippen LogP contribution in [0, 0.1) is 0 Å². The Labute approximate surface area is 106 Å². The van der Waals surface area contributed by atoms with Gasteiger partial charge in [0.15, 0.2) is 0 Å². The van der Waals surface area contributed by atoms with Gasteiger partial charge in [0.2, 0.25) is 0 Å². The molecule has 104 valence electrons. The van der Waals surface area contributed by atoms with Crippen molar-refractivity contribution in [3.8, 4) is 0 Å². The highest BCUT2D eigenvalue weighted by Crippen LogP contribution is 1.80. The van der Waals surface area contributed by atoms with Gasteiger partial charge in [-0.3, -0.25) is 0 Å². The van der Waals surface area contributed by atoms with Gasteiger partial charge in [-0.05, 0) is 13.0 Å². The highest BCUT2D eigenvalue weighted by atomic mass is 15.0. The van der Waals surface area contributed by atoms with Gasteiger partial charge in [-0.2, -0.15) is 0 Å². The molecule has 0 amide bonds. The van der Waals surface area contributed by atoms with Gasteiger partial charge in [0, 0.05) is 52.4 Å². The molecule has 0 bridgehead atoms. The molecule has 0 aliphatic carbocycles. The maximum atomic E-state index is 5.37. The number of hydrogen-bond donors (Lipinski definition) is 5. The maximum absolute atomic E-state index is 5.37. The fraction of sp³-hybridized carbons (Fsp3) is 1.00. The van der Waals surface area contributed by atoms with E-state index in [1.54, 1.807) is 0 Å². The molecule has 0 heterocycles. The van der Waals surface area contributed by atoms with Crippen LogP contribution in [0.4, 0.5) is 0 Å². The minimum Gasteiger partial charge on any atom is -0.329 e. The molecular weight excluding hydrogens is 214 g/mol. The predicted molar refractivity (Wildman–Crippen MR) is 75.4 cm³/mol. The van der Waals surface area contributed by atoms with Crippen LogP contribution < -0.4 is 27.0 Å². The number of nitrogens with two attached hydrogens (primary N) is 1. The van der Waals surface area contributed by atoms with E-state index in [0.717, 1.165) is 52.4 Å². The topological polar surface area (TPSA) is 74.1 Å². The van der Waals surface area contributed by atoms with Crippen LogP contribution in [-0.4, -0.2) is 58.9 Å². The van der Waals surface area contributed by atoms with Crippen LogP contribution in [0.1, 0.15) is 19.8 Å². The molecule has 5 nitrogen and oxygen atoms in total. The second kappa shape index (κ2) is 15.8. The Hall–Kier alpha value is -0.200. The van der Waals surface area contributed by atoms with Crippen LogP contribution in [0.15, 0.2) is 0 Å². The standard InChI is InChI=1S/C12H31N5/c1-2-3-5-14-7-9-16-11-12-17-10-8-15-6-4-13/h14-17H,2-13H2,1H3. The second-order valence-electron chi connectivity index (χ2n) is 4.14. The lowest BCUT2D eigenvalue weighted by molar-refractivity contribution is 0.562.